The summed E-state index contributed by atoms with van der Waals surface area (Å²) in [5.41, 5.74) is -0.347. The van der Waals surface area contributed by atoms with Crippen LogP contribution < -0.4 is 11.1 Å². The molecule has 0 aliphatic carbocycles. The van der Waals surface area contributed by atoms with Crippen molar-refractivity contribution in [2.24, 2.45) is 0 Å². The van der Waals surface area contributed by atoms with Gasteiger partial charge >= 0.3 is 0 Å². The molecular formula is C18H18N4O4. The lowest BCUT2D eigenvalue weighted by Gasteiger charge is -2.12. The number of pyridine rings is 2. The summed E-state index contributed by atoms with van der Waals surface area (Å²) >= 11 is 0. The summed E-state index contributed by atoms with van der Waals surface area (Å²) in [6.45, 7) is 3.46. The van der Waals surface area contributed by atoms with E-state index in [1.165, 1.54) is 12.1 Å². The lowest BCUT2D eigenvalue weighted by Crippen LogP contribution is -2.25. The molecule has 0 fully saturated rings. The summed E-state index contributed by atoms with van der Waals surface area (Å²) in [5, 5.41) is 37.9. The van der Waals surface area contributed by atoms with Gasteiger partial charge in [0.15, 0.2) is 11.8 Å². The third-order valence-electron chi connectivity index (χ3n) is 4.19. The largest absolute Gasteiger partial charge is 0.494 e. The number of hydrogen-bond acceptors (Lipinski definition) is 6. The summed E-state index contributed by atoms with van der Waals surface area (Å²) in [4.78, 5) is 24.4. The van der Waals surface area contributed by atoms with Gasteiger partial charge in [0, 0.05) is 25.2 Å². The van der Waals surface area contributed by atoms with Crippen LogP contribution in [0.15, 0.2) is 21.7 Å². The van der Waals surface area contributed by atoms with Crippen LogP contribution in [0.1, 0.15) is 35.1 Å². The molecule has 0 saturated heterocycles. The standard InChI is InChI=1S/C18H18N4O4/c1-11-7-15(23)21(17(25)13(11)9-19)5-3-4-6-22-16(24)8-12(2)14(10-20)18(22)26/h7-8,23-24H,3-6H2,1-2H3. The van der Waals surface area contributed by atoms with E-state index in [1.54, 1.807) is 13.8 Å². The second kappa shape index (κ2) is 7.58. The summed E-state index contributed by atoms with van der Waals surface area (Å²) in [6, 6.07) is 6.37. The van der Waals surface area contributed by atoms with Crippen molar-refractivity contribution < 1.29 is 10.2 Å². The molecule has 134 valence electrons. The fourth-order valence-electron chi connectivity index (χ4n) is 2.75. The Bertz CT molecular complexity index is 966. The molecule has 2 rings (SSSR count). The number of aromatic hydroxyl groups is 2. The second-order valence-corrected chi connectivity index (χ2v) is 5.97. The Morgan fingerprint density at radius 1 is 0.846 bits per heavy atom. The number of aryl methyl sites for hydroxylation is 2. The van der Waals surface area contributed by atoms with E-state index in [-0.39, 0.29) is 36.0 Å². The monoisotopic (exact) mass is 354 g/mol. The molecule has 2 aromatic heterocycles. The van der Waals surface area contributed by atoms with E-state index in [9.17, 15) is 19.8 Å². The van der Waals surface area contributed by atoms with Crippen LogP contribution >= 0.6 is 0 Å². The Hall–Kier alpha value is -3.52. The molecule has 8 heteroatoms. The smallest absolute Gasteiger partial charge is 0.271 e. The maximum absolute atomic E-state index is 12.2. The zero-order valence-corrected chi connectivity index (χ0v) is 14.5. The molecule has 0 saturated carbocycles. The predicted molar refractivity (Wildman–Crippen MR) is 92.9 cm³/mol. The number of rotatable bonds is 5. The molecule has 26 heavy (non-hydrogen) atoms. The van der Waals surface area contributed by atoms with Crippen LogP contribution in [0.5, 0.6) is 11.8 Å². The molecule has 0 unspecified atom stereocenters. The Balaban J connectivity index is 2.15. The fraction of sp³-hybridized carbons (Fsp3) is 0.333. The zero-order valence-electron chi connectivity index (χ0n) is 14.5. The Morgan fingerprint density at radius 3 is 1.50 bits per heavy atom. The molecule has 0 radical (unpaired) electrons. The van der Waals surface area contributed by atoms with Crippen LogP contribution in [-0.2, 0) is 13.1 Å². The first-order valence-electron chi connectivity index (χ1n) is 7.98. The molecule has 2 heterocycles. The van der Waals surface area contributed by atoms with Gasteiger partial charge in [-0.2, -0.15) is 10.5 Å². The molecule has 0 spiro atoms. The summed E-state index contributed by atoms with van der Waals surface area (Å²) in [5.74, 6) is -0.456. The average Bonchev–Trinajstić information content (AvgIpc) is 2.56. The molecule has 0 aliphatic heterocycles. The molecular weight excluding hydrogens is 336 g/mol. The van der Waals surface area contributed by atoms with Crippen molar-refractivity contribution in [3.8, 4) is 23.9 Å². The van der Waals surface area contributed by atoms with Gasteiger partial charge < -0.3 is 10.2 Å². The number of nitriles is 2. The third kappa shape index (κ3) is 3.45. The average molecular weight is 354 g/mol. The second-order valence-electron chi connectivity index (χ2n) is 5.97. The highest BCUT2D eigenvalue weighted by atomic mass is 16.3. The molecule has 0 aromatic carbocycles. The van der Waals surface area contributed by atoms with Gasteiger partial charge in [-0.3, -0.25) is 18.7 Å². The van der Waals surface area contributed by atoms with E-state index in [4.69, 9.17) is 10.5 Å². The normalized spacial score (nSPS) is 10.3. The summed E-state index contributed by atoms with van der Waals surface area (Å²) in [6.07, 6.45) is 0.839. The minimum atomic E-state index is -0.563. The van der Waals surface area contributed by atoms with E-state index in [1.807, 2.05) is 12.1 Å². The number of unbranched alkanes of at least 4 members (excludes halogenated alkanes) is 1. The SMILES string of the molecule is Cc1cc(O)n(CCCCn2c(O)cc(C)c(C#N)c2=O)c(=O)c1C#N. The van der Waals surface area contributed by atoms with Crippen molar-refractivity contribution in [3.05, 3.63) is 55.1 Å². The van der Waals surface area contributed by atoms with E-state index in [0.717, 1.165) is 9.13 Å². The summed E-state index contributed by atoms with van der Waals surface area (Å²) < 4.78 is 2.20. The highest BCUT2D eigenvalue weighted by Gasteiger charge is 2.13. The lowest BCUT2D eigenvalue weighted by molar-refractivity contribution is 0.382. The first kappa shape index (κ1) is 18.8. The first-order chi connectivity index (χ1) is 12.3. The Morgan fingerprint density at radius 2 is 1.19 bits per heavy atom. The van der Waals surface area contributed by atoms with E-state index < -0.39 is 11.1 Å². The quantitative estimate of drug-likeness (QED) is 0.777. The molecule has 0 amide bonds. The van der Waals surface area contributed by atoms with Crippen LogP contribution in [0.4, 0.5) is 0 Å². The van der Waals surface area contributed by atoms with E-state index in [2.05, 4.69) is 0 Å². The van der Waals surface area contributed by atoms with Crippen molar-refractivity contribution in [3.63, 3.8) is 0 Å². The first-order valence-corrected chi connectivity index (χ1v) is 7.98. The molecule has 2 N–H and O–H groups in total. The van der Waals surface area contributed by atoms with Gasteiger partial charge in [-0.05, 0) is 37.8 Å². The van der Waals surface area contributed by atoms with Gasteiger partial charge in [-0.15, -0.1) is 0 Å². The maximum atomic E-state index is 12.2. The van der Waals surface area contributed by atoms with Crippen LogP contribution in [0, 0.1) is 36.5 Å². The van der Waals surface area contributed by atoms with Crippen LogP contribution in [0.2, 0.25) is 0 Å². The van der Waals surface area contributed by atoms with Crippen LogP contribution in [0.3, 0.4) is 0 Å². The highest BCUT2D eigenvalue weighted by Crippen LogP contribution is 2.15. The Labute approximate surface area is 149 Å². The minimum absolute atomic E-state index is 0.0196. The molecule has 0 atom stereocenters. The lowest BCUT2D eigenvalue weighted by atomic mass is 10.1. The number of nitrogens with zero attached hydrogens (tertiary/aromatic N) is 4. The maximum Gasteiger partial charge on any atom is 0.271 e. The van der Waals surface area contributed by atoms with Crippen molar-refractivity contribution in [1.82, 2.24) is 9.13 Å². The zero-order chi connectivity index (χ0) is 19.4. The van der Waals surface area contributed by atoms with Crippen LogP contribution in [-0.4, -0.2) is 19.3 Å². The van der Waals surface area contributed by atoms with Gasteiger partial charge in [-0.25, -0.2) is 0 Å². The van der Waals surface area contributed by atoms with Gasteiger partial charge in [0.05, 0.1) is 0 Å². The minimum Gasteiger partial charge on any atom is -0.494 e. The fourth-order valence-corrected chi connectivity index (χ4v) is 2.75. The van der Waals surface area contributed by atoms with Crippen molar-refractivity contribution in [2.45, 2.75) is 39.8 Å². The molecule has 2 aromatic rings. The van der Waals surface area contributed by atoms with E-state index >= 15 is 0 Å². The third-order valence-corrected chi connectivity index (χ3v) is 4.19. The molecule has 0 aliphatic rings. The number of hydrogen-bond donors (Lipinski definition) is 2. The molecule has 0 bridgehead atoms. The topological polar surface area (TPSA) is 132 Å². The van der Waals surface area contributed by atoms with Crippen molar-refractivity contribution in [1.29, 1.82) is 10.5 Å². The van der Waals surface area contributed by atoms with Crippen molar-refractivity contribution >= 4 is 0 Å². The van der Waals surface area contributed by atoms with Gasteiger partial charge in [0.1, 0.15) is 23.3 Å². The number of aromatic nitrogens is 2. The molecule has 8 nitrogen and oxygen atoms in total. The highest BCUT2D eigenvalue weighted by molar-refractivity contribution is 5.38. The van der Waals surface area contributed by atoms with Crippen molar-refractivity contribution in [2.75, 3.05) is 0 Å². The van der Waals surface area contributed by atoms with Crippen LogP contribution in [0.25, 0.3) is 0 Å². The van der Waals surface area contributed by atoms with Gasteiger partial charge in [-0.1, -0.05) is 0 Å². The predicted octanol–water partition coefficient (Wildman–Crippen LogP) is 1.26. The summed E-state index contributed by atoms with van der Waals surface area (Å²) in [7, 11) is 0. The van der Waals surface area contributed by atoms with E-state index in [0.29, 0.717) is 24.0 Å². The van der Waals surface area contributed by atoms with Gasteiger partial charge in [0.25, 0.3) is 11.1 Å². The Kier molecular flexibility index (Phi) is 5.48. The van der Waals surface area contributed by atoms with Gasteiger partial charge in [0.2, 0.25) is 0 Å².